The Bertz CT molecular complexity index is 948. The number of aliphatic hydroxyl groups is 2. The summed E-state index contributed by atoms with van der Waals surface area (Å²) in [4.78, 5) is 15.1. The van der Waals surface area contributed by atoms with Crippen molar-refractivity contribution >= 4 is 5.97 Å². The zero-order valence-electron chi connectivity index (χ0n) is 20.4. The molecule has 2 aromatic rings. The van der Waals surface area contributed by atoms with Crippen LogP contribution in [0.1, 0.15) is 95.5 Å². The summed E-state index contributed by atoms with van der Waals surface area (Å²) in [5, 5.41) is 27.3. The first kappa shape index (κ1) is 28.4. The Morgan fingerprint density at radius 2 is 1.69 bits per heavy atom. The average Bonchev–Trinajstić information content (AvgIpc) is 3.25. The molecule has 0 bridgehead atoms. The number of esters is 1. The van der Waals surface area contributed by atoms with Crippen molar-refractivity contribution in [1.82, 2.24) is 4.98 Å². The molecule has 1 aliphatic heterocycles. The van der Waals surface area contributed by atoms with Crippen molar-refractivity contribution in [3.63, 3.8) is 0 Å². The molecule has 189 valence electrons. The van der Waals surface area contributed by atoms with Gasteiger partial charge in [0.1, 0.15) is 18.8 Å². The monoisotopic (exact) mass is 481 g/mol. The highest BCUT2D eigenvalue weighted by Crippen LogP contribution is 2.28. The van der Waals surface area contributed by atoms with Gasteiger partial charge in [-0.2, -0.15) is 5.26 Å². The van der Waals surface area contributed by atoms with E-state index in [0.717, 1.165) is 16.7 Å². The van der Waals surface area contributed by atoms with E-state index in [-0.39, 0.29) is 19.1 Å². The molecule has 2 atom stereocenters. The highest BCUT2D eigenvalue weighted by molar-refractivity contribution is 5.93. The van der Waals surface area contributed by atoms with Gasteiger partial charge in [-0.25, -0.2) is 4.79 Å². The number of pyridine rings is 1. The van der Waals surface area contributed by atoms with E-state index in [1.807, 2.05) is 13.0 Å². The normalized spacial score (nSPS) is 16.5. The van der Waals surface area contributed by atoms with Crippen LogP contribution in [0.3, 0.4) is 0 Å². The molecule has 1 aromatic heterocycles. The highest BCUT2D eigenvalue weighted by Gasteiger charge is 2.25. The summed E-state index contributed by atoms with van der Waals surface area (Å²) in [6.07, 6.45) is 12.5. The van der Waals surface area contributed by atoms with Crippen LogP contribution in [-0.2, 0) is 11.3 Å². The Morgan fingerprint density at radius 1 is 1.03 bits per heavy atom. The Kier molecular flexibility index (Phi) is 12.4. The van der Waals surface area contributed by atoms with Crippen molar-refractivity contribution in [2.45, 2.75) is 70.7 Å². The first-order valence-corrected chi connectivity index (χ1v) is 12.2. The lowest BCUT2D eigenvalue weighted by molar-refractivity contribution is 0.0535. The standard InChI is InChI=1S/C11H13NO3.C8H9N3O.C8H15/c1-6-7(10(13)4-12)2-3-8-9(6)5-15-11(8)14;9-3-6-1-2-7(11-5-6)8(12)4-10;1-2-4-6-8-7-5-3-1/h2-3,10,13H,4-5,12H2,1H3;1-2,5,8,12H,4,10H2;1H,2-8H2/t10-;;/m0../s1. The average molecular weight is 482 g/mol. The molecule has 1 saturated carbocycles. The lowest BCUT2D eigenvalue weighted by atomic mass is 9.95. The van der Waals surface area contributed by atoms with Crippen molar-refractivity contribution in [2.75, 3.05) is 13.1 Å². The van der Waals surface area contributed by atoms with E-state index in [1.54, 1.807) is 24.3 Å². The van der Waals surface area contributed by atoms with Gasteiger partial charge < -0.3 is 26.4 Å². The number of aliphatic hydroxyl groups excluding tert-OH is 2. The zero-order valence-corrected chi connectivity index (χ0v) is 20.4. The molecule has 2 heterocycles. The zero-order chi connectivity index (χ0) is 25.6. The predicted molar refractivity (Wildman–Crippen MR) is 134 cm³/mol. The van der Waals surface area contributed by atoms with Crippen LogP contribution in [0.2, 0.25) is 0 Å². The molecule has 1 unspecified atom stereocenters. The van der Waals surface area contributed by atoms with Crippen molar-refractivity contribution in [3.8, 4) is 6.07 Å². The molecule has 0 spiro atoms. The fourth-order valence-electron chi connectivity index (χ4n) is 3.90. The summed E-state index contributed by atoms with van der Waals surface area (Å²) < 4.78 is 4.92. The summed E-state index contributed by atoms with van der Waals surface area (Å²) in [5.74, 6) is -0.290. The maximum Gasteiger partial charge on any atom is 0.338 e. The quantitative estimate of drug-likeness (QED) is 0.483. The van der Waals surface area contributed by atoms with Gasteiger partial charge in [0.15, 0.2) is 0 Å². The number of ether oxygens (including phenoxy) is 1. The van der Waals surface area contributed by atoms with Gasteiger partial charge in [0.25, 0.3) is 0 Å². The number of rotatable bonds is 4. The molecule has 1 fully saturated rings. The Morgan fingerprint density at radius 3 is 2.26 bits per heavy atom. The van der Waals surface area contributed by atoms with E-state index >= 15 is 0 Å². The van der Waals surface area contributed by atoms with Gasteiger partial charge in [0.05, 0.1) is 22.9 Å². The van der Waals surface area contributed by atoms with Crippen molar-refractivity contribution in [2.24, 2.45) is 11.5 Å². The highest BCUT2D eigenvalue weighted by atomic mass is 16.5. The molecule has 2 aliphatic rings. The van der Waals surface area contributed by atoms with E-state index in [0.29, 0.717) is 23.4 Å². The number of fused-ring (bicyclic) bond motifs is 1. The summed E-state index contributed by atoms with van der Waals surface area (Å²) >= 11 is 0. The largest absolute Gasteiger partial charge is 0.457 e. The number of cyclic esters (lactones) is 1. The van der Waals surface area contributed by atoms with Gasteiger partial charge in [-0.3, -0.25) is 4.98 Å². The second-order valence-corrected chi connectivity index (χ2v) is 8.60. The molecule has 0 saturated heterocycles. The molecule has 4 rings (SSSR count). The SMILES string of the molecule is Cc1c([C@@H](O)CN)ccc2c1COC2=O.N#Cc1ccc(C(O)CN)nc1.[CH]1CCCCCCC1. The van der Waals surface area contributed by atoms with Crippen LogP contribution < -0.4 is 11.5 Å². The minimum Gasteiger partial charge on any atom is -0.457 e. The van der Waals surface area contributed by atoms with E-state index < -0.39 is 12.2 Å². The second-order valence-electron chi connectivity index (χ2n) is 8.60. The Hall–Kier alpha value is -2.83. The van der Waals surface area contributed by atoms with E-state index in [9.17, 15) is 15.0 Å². The molecule has 1 aromatic carbocycles. The fraction of sp³-hybridized carbons (Fsp3) is 0.481. The van der Waals surface area contributed by atoms with Crippen LogP contribution in [0.15, 0.2) is 30.5 Å². The summed E-state index contributed by atoms with van der Waals surface area (Å²) in [6, 6.07) is 8.55. The predicted octanol–water partition coefficient (Wildman–Crippen LogP) is 3.54. The molecule has 1 radical (unpaired) electrons. The number of hydrogen-bond donors (Lipinski definition) is 4. The molecule has 8 heteroatoms. The lowest BCUT2D eigenvalue weighted by Crippen LogP contribution is -2.13. The number of nitrogens with zero attached hydrogens (tertiary/aromatic N) is 2. The number of nitriles is 1. The number of benzene rings is 1. The number of carbonyl (C=O) groups excluding carboxylic acids is 1. The lowest BCUT2D eigenvalue weighted by Gasteiger charge is -2.13. The van der Waals surface area contributed by atoms with Gasteiger partial charge in [-0.1, -0.05) is 51.0 Å². The number of aromatic nitrogens is 1. The summed E-state index contributed by atoms with van der Waals surface area (Å²) in [6.45, 7) is 2.48. The van der Waals surface area contributed by atoms with Crippen molar-refractivity contribution in [3.05, 3.63) is 70.4 Å². The smallest absolute Gasteiger partial charge is 0.338 e. The van der Waals surface area contributed by atoms with Crippen LogP contribution >= 0.6 is 0 Å². The topological polar surface area (TPSA) is 155 Å². The summed E-state index contributed by atoms with van der Waals surface area (Å²) in [7, 11) is 0. The third-order valence-electron chi connectivity index (χ3n) is 6.09. The third-order valence-corrected chi connectivity index (χ3v) is 6.09. The molecular weight excluding hydrogens is 444 g/mol. The van der Waals surface area contributed by atoms with Crippen molar-refractivity contribution in [1.29, 1.82) is 5.26 Å². The third kappa shape index (κ3) is 8.71. The van der Waals surface area contributed by atoms with E-state index in [4.69, 9.17) is 21.5 Å². The molecular formula is C27H37N4O4. The molecule has 8 nitrogen and oxygen atoms in total. The summed E-state index contributed by atoms with van der Waals surface area (Å²) in [5.41, 5.74) is 14.7. The van der Waals surface area contributed by atoms with Crippen LogP contribution in [-0.4, -0.2) is 34.3 Å². The Labute approximate surface area is 207 Å². The van der Waals surface area contributed by atoms with Crippen LogP contribution in [0, 0.1) is 24.7 Å². The van der Waals surface area contributed by atoms with Gasteiger partial charge in [0, 0.05) is 24.8 Å². The van der Waals surface area contributed by atoms with E-state index in [2.05, 4.69) is 11.4 Å². The van der Waals surface area contributed by atoms with Crippen LogP contribution in [0.5, 0.6) is 0 Å². The van der Waals surface area contributed by atoms with E-state index in [1.165, 1.54) is 51.1 Å². The number of nitrogens with two attached hydrogens (primary N) is 2. The second kappa shape index (κ2) is 15.2. The minimum atomic E-state index is -0.738. The number of carbonyl (C=O) groups is 1. The molecule has 35 heavy (non-hydrogen) atoms. The number of hydrogen-bond acceptors (Lipinski definition) is 8. The molecule has 0 amide bonds. The van der Waals surface area contributed by atoms with Gasteiger partial charge in [0.2, 0.25) is 0 Å². The van der Waals surface area contributed by atoms with Gasteiger partial charge >= 0.3 is 5.97 Å². The molecule has 6 N–H and O–H groups in total. The minimum absolute atomic E-state index is 0.138. The maximum atomic E-state index is 11.3. The first-order valence-electron chi connectivity index (χ1n) is 12.2. The molecule has 1 aliphatic carbocycles. The maximum absolute atomic E-state index is 11.3. The van der Waals surface area contributed by atoms with Gasteiger partial charge in [-0.15, -0.1) is 0 Å². The first-order chi connectivity index (χ1) is 16.9. The van der Waals surface area contributed by atoms with Crippen molar-refractivity contribution < 1.29 is 19.7 Å². The van der Waals surface area contributed by atoms with Crippen LogP contribution in [0.4, 0.5) is 0 Å². The Balaban J connectivity index is 0.000000194. The van der Waals surface area contributed by atoms with Gasteiger partial charge in [-0.05, 0) is 42.7 Å². The van der Waals surface area contributed by atoms with Crippen LogP contribution in [0.25, 0.3) is 0 Å². The fourth-order valence-corrected chi connectivity index (χ4v) is 3.90.